The molecule has 0 bridgehead atoms. The van der Waals surface area contributed by atoms with Crippen LogP contribution in [0, 0.1) is 23.7 Å². The van der Waals surface area contributed by atoms with E-state index in [0.717, 1.165) is 82.4 Å². The van der Waals surface area contributed by atoms with Gasteiger partial charge < -0.3 is 43.6 Å². The van der Waals surface area contributed by atoms with Crippen LogP contribution in [0.3, 0.4) is 0 Å². The minimum Gasteiger partial charge on any atom is -0.481 e. The number of ether oxygens (including phenoxy) is 3. The lowest BCUT2D eigenvalue weighted by Gasteiger charge is -2.33. The van der Waals surface area contributed by atoms with Crippen molar-refractivity contribution in [1.29, 1.82) is 0 Å². The van der Waals surface area contributed by atoms with Crippen molar-refractivity contribution in [3.63, 3.8) is 0 Å². The number of aromatic nitrogens is 2. The summed E-state index contributed by atoms with van der Waals surface area (Å²) in [5.74, 6) is 2.08. The van der Waals surface area contributed by atoms with Crippen molar-refractivity contribution in [2.24, 2.45) is 37.8 Å². The highest BCUT2D eigenvalue weighted by Gasteiger charge is 2.33. The van der Waals surface area contributed by atoms with Crippen LogP contribution < -0.4 is 5.32 Å². The molecule has 13 nitrogen and oxygen atoms in total. The van der Waals surface area contributed by atoms with Gasteiger partial charge in [0.1, 0.15) is 0 Å². The van der Waals surface area contributed by atoms with Crippen LogP contribution in [0.2, 0.25) is 0 Å². The number of aliphatic carboxylic acids is 1. The van der Waals surface area contributed by atoms with E-state index in [1.807, 2.05) is 19.2 Å². The zero-order chi connectivity index (χ0) is 44.9. The molecule has 2 aromatic carbocycles. The van der Waals surface area contributed by atoms with E-state index < -0.39 is 5.97 Å². The van der Waals surface area contributed by atoms with Gasteiger partial charge in [0.15, 0.2) is 0 Å². The van der Waals surface area contributed by atoms with Crippen LogP contribution in [-0.4, -0.2) is 121 Å². The van der Waals surface area contributed by atoms with E-state index in [2.05, 4.69) is 52.8 Å². The summed E-state index contributed by atoms with van der Waals surface area (Å²) in [6.07, 6.45) is 13.2. The van der Waals surface area contributed by atoms with Gasteiger partial charge in [-0.05, 0) is 148 Å². The third-order valence-corrected chi connectivity index (χ3v) is 15.1. The van der Waals surface area contributed by atoms with Gasteiger partial charge in [-0.15, -0.1) is 0 Å². The number of amides is 3. The van der Waals surface area contributed by atoms with E-state index in [1.54, 1.807) is 16.8 Å². The Balaban J connectivity index is 0.000000176. The molecule has 64 heavy (non-hydrogen) atoms. The number of carboxylic acid groups (broad SMARTS) is 1. The molecule has 2 aliphatic carbocycles. The number of fused-ring (bicyclic) bond motifs is 6. The van der Waals surface area contributed by atoms with Gasteiger partial charge in [0, 0.05) is 125 Å². The van der Waals surface area contributed by atoms with Crippen molar-refractivity contribution in [3.05, 3.63) is 70.0 Å². The van der Waals surface area contributed by atoms with Crippen LogP contribution in [0.5, 0.6) is 0 Å². The van der Waals surface area contributed by atoms with Crippen molar-refractivity contribution in [1.82, 2.24) is 24.3 Å². The lowest BCUT2D eigenvalue weighted by atomic mass is 9.75. The molecule has 2 N–H and O–H groups in total. The number of nitrogens with zero attached hydrogens (tertiary/aromatic N) is 4. The summed E-state index contributed by atoms with van der Waals surface area (Å²) in [6, 6.07) is 12.3. The standard InChI is InChI=1S/C27H37N3O4.C24H32N2O4/c1-29(11-3-4-26(31)28-21-16-34-17-21)27(32)20-6-8-25-23(15-20)22-14-19(5-7-24(22)30(25)2)18-9-12-33-13-10-18;1-25(11-3-4-23(27)28)24(29)18-6-8-22-20(15-18)19-14-17(5-7-21(19)26(22)2)16-9-12-30-13-10-16/h6,8,15,18-19,21H,3-5,7,9-14,16-17H2,1-2H3,(H,28,31);6,8,15-17H,3-5,7,9-14H2,1-2H3,(H,27,28)/t19-;17-/m11/s1. The highest BCUT2D eigenvalue weighted by molar-refractivity contribution is 6.00. The van der Waals surface area contributed by atoms with Crippen molar-refractivity contribution in [3.8, 4) is 0 Å². The third-order valence-electron chi connectivity index (χ3n) is 15.1. The van der Waals surface area contributed by atoms with E-state index in [-0.39, 0.29) is 30.2 Å². The zero-order valence-electron chi connectivity index (χ0n) is 38.5. The van der Waals surface area contributed by atoms with Gasteiger partial charge >= 0.3 is 5.97 Å². The van der Waals surface area contributed by atoms with Crippen LogP contribution in [0.15, 0.2) is 36.4 Å². The van der Waals surface area contributed by atoms with Gasteiger partial charge in [-0.1, -0.05) is 0 Å². The first-order valence-corrected chi connectivity index (χ1v) is 23.9. The minimum absolute atomic E-state index is 0.0177. The maximum Gasteiger partial charge on any atom is 0.303 e. The second kappa shape index (κ2) is 20.6. The number of rotatable bonds is 13. The Bertz CT molecular complexity index is 2320. The van der Waals surface area contributed by atoms with Gasteiger partial charge in [-0.25, -0.2) is 0 Å². The van der Waals surface area contributed by atoms with E-state index in [1.165, 1.54) is 70.0 Å². The highest BCUT2D eigenvalue weighted by atomic mass is 16.5. The molecule has 0 spiro atoms. The third kappa shape index (κ3) is 10.2. The van der Waals surface area contributed by atoms with E-state index >= 15 is 0 Å². The van der Waals surface area contributed by atoms with Gasteiger partial charge in [0.25, 0.3) is 11.8 Å². The molecule has 0 unspecified atom stereocenters. The first-order valence-electron chi connectivity index (χ1n) is 23.9. The van der Waals surface area contributed by atoms with Crippen molar-refractivity contribution >= 4 is 45.5 Å². The summed E-state index contributed by atoms with van der Waals surface area (Å²) in [5.41, 5.74) is 9.51. The van der Waals surface area contributed by atoms with Crippen LogP contribution >= 0.6 is 0 Å². The average Bonchev–Trinajstić information content (AvgIpc) is 3.75. The minimum atomic E-state index is -0.827. The summed E-state index contributed by atoms with van der Waals surface area (Å²) in [7, 11) is 7.86. The first kappa shape index (κ1) is 45.8. The highest BCUT2D eigenvalue weighted by Crippen LogP contribution is 2.41. The first-order chi connectivity index (χ1) is 31.0. The van der Waals surface area contributed by atoms with Crippen LogP contribution in [0.25, 0.3) is 21.8 Å². The van der Waals surface area contributed by atoms with Gasteiger partial charge in [-0.2, -0.15) is 0 Å². The molecule has 3 saturated heterocycles. The maximum absolute atomic E-state index is 13.2. The largest absolute Gasteiger partial charge is 0.481 e. The smallest absolute Gasteiger partial charge is 0.303 e. The topological polar surface area (TPSA) is 145 Å². The summed E-state index contributed by atoms with van der Waals surface area (Å²) < 4.78 is 20.9. The molecule has 9 rings (SSSR count). The molecule has 2 aromatic heterocycles. The van der Waals surface area contributed by atoms with Crippen molar-refractivity contribution in [2.45, 2.75) is 95.9 Å². The number of carbonyl (C=O) groups excluding carboxylic acids is 3. The predicted molar refractivity (Wildman–Crippen MR) is 247 cm³/mol. The Morgan fingerprint density at radius 2 is 1.09 bits per heavy atom. The molecule has 13 heteroatoms. The molecule has 0 radical (unpaired) electrons. The van der Waals surface area contributed by atoms with Crippen molar-refractivity contribution < 1.29 is 38.5 Å². The summed E-state index contributed by atoms with van der Waals surface area (Å²) >= 11 is 0. The fraction of sp³-hybridized carbons (Fsp3) is 0.608. The Morgan fingerprint density at radius 1 is 0.641 bits per heavy atom. The van der Waals surface area contributed by atoms with Crippen LogP contribution in [0.4, 0.5) is 0 Å². The second-order valence-corrected chi connectivity index (χ2v) is 19.2. The van der Waals surface area contributed by atoms with Crippen LogP contribution in [0.1, 0.15) is 107 Å². The maximum atomic E-state index is 13.2. The summed E-state index contributed by atoms with van der Waals surface area (Å²) in [6.45, 7) is 5.77. The number of aryl methyl sites for hydroxylation is 2. The number of hydrogen-bond donors (Lipinski definition) is 2. The molecule has 3 aliphatic heterocycles. The second-order valence-electron chi connectivity index (χ2n) is 19.2. The lowest BCUT2D eigenvalue weighted by molar-refractivity contribution is -0.137. The molecular weight excluding hydrogens is 811 g/mol. The molecule has 5 heterocycles. The number of carbonyl (C=O) groups is 4. The van der Waals surface area contributed by atoms with Crippen LogP contribution in [-0.2, 0) is 63.6 Å². The number of hydrogen-bond acceptors (Lipinski definition) is 7. The van der Waals surface area contributed by atoms with Crippen molar-refractivity contribution in [2.75, 3.05) is 66.8 Å². The number of nitrogens with one attached hydrogen (secondary N) is 1. The summed E-state index contributed by atoms with van der Waals surface area (Å²) in [4.78, 5) is 52.2. The summed E-state index contributed by atoms with van der Waals surface area (Å²) in [5, 5.41) is 14.2. The van der Waals surface area contributed by atoms with Gasteiger partial charge in [0.2, 0.25) is 5.91 Å². The Hall–Kier alpha value is -4.72. The Labute approximate surface area is 377 Å². The quantitative estimate of drug-likeness (QED) is 0.151. The number of benzene rings is 2. The molecule has 3 fully saturated rings. The van der Waals surface area contributed by atoms with Gasteiger partial charge in [0.05, 0.1) is 19.3 Å². The Kier molecular flexibility index (Phi) is 14.8. The SMILES string of the molecule is CN(CCCC(=O)NC1COC1)C(=O)c1ccc2c(c1)c1c(n2C)CC[C@@H](C2CCOCC2)C1.CN(CCCC(=O)O)C(=O)c1ccc2c(c1)c1c(n2C)CC[C@@H](C2CCOCC2)C1. The van der Waals surface area contributed by atoms with E-state index in [4.69, 9.17) is 19.3 Å². The van der Waals surface area contributed by atoms with E-state index in [0.29, 0.717) is 63.0 Å². The lowest BCUT2D eigenvalue weighted by Crippen LogP contribution is -2.48. The molecule has 346 valence electrons. The number of carboxylic acids is 1. The van der Waals surface area contributed by atoms with E-state index in [9.17, 15) is 19.2 Å². The molecule has 3 amide bonds. The monoisotopic (exact) mass is 880 g/mol. The molecule has 5 aliphatic rings. The molecular formula is C51H69N5O8. The normalized spacial score (nSPS) is 20.4. The fourth-order valence-corrected chi connectivity index (χ4v) is 11.3. The molecule has 4 aromatic rings. The fourth-order valence-electron chi connectivity index (χ4n) is 11.3. The zero-order valence-corrected chi connectivity index (χ0v) is 38.5. The average molecular weight is 880 g/mol. The predicted octanol–water partition coefficient (Wildman–Crippen LogP) is 6.72. The van der Waals surface area contributed by atoms with Gasteiger partial charge in [-0.3, -0.25) is 19.2 Å². The molecule has 0 saturated carbocycles. The molecule has 2 atom stereocenters. The Morgan fingerprint density at radius 3 is 1.52 bits per heavy atom.